The van der Waals surface area contributed by atoms with Gasteiger partial charge in [0.05, 0.1) is 5.92 Å². The van der Waals surface area contributed by atoms with Gasteiger partial charge >= 0.3 is 0 Å². The fourth-order valence-corrected chi connectivity index (χ4v) is 1.32. The second kappa shape index (κ2) is 4.18. The molecule has 1 amide bonds. The number of hydrogen-bond acceptors (Lipinski definition) is 3. The van der Waals surface area contributed by atoms with E-state index in [2.05, 4.69) is 10.4 Å². The highest BCUT2D eigenvalue weighted by molar-refractivity contribution is 5.78. The van der Waals surface area contributed by atoms with E-state index in [1.54, 1.807) is 0 Å². The van der Waals surface area contributed by atoms with Crippen LogP contribution in [0.25, 0.3) is 0 Å². The van der Waals surface area contributed by atoms with E-state index in [9.17, 15) is 4.79 Å². The minimum atomic E-state index is -0.278. The van der Waals surface area contributed by atoms with Gasteiger partial charge in [-0.25, -0.2) is 5.53 Å². The van der Waals surface area contributed by atoms with Crippen LogP contribution in [0.5, 0.6) is 0 Å². The summed E-state index contributed by atoms with van der Waals surface area (Å²) in [6, 6.07) is 0. The average Bonchev–Trinajstić information content (AvgIpc) is 2.30. The van der Waals surface area contributed by atoms with Crippen molar-refractivity contribution in [2.75, 3.05) is 13.1 Å². The summed E-state index contributed by atoms with van der Waals surface area (Å²) in [5, 5.41) is 6.07. The van der Waals surface area contributed by atoms with Gasteiger partial charge in [-0.2, -0.15) is 0 Å². The maximum Gasteiger partial charge on any atom is 0.268 e. The van der Waals surface area contributed by atoms with Crippen LogP contribution in [-0.2, 0) is 4.79 Å². The average molecular weight is 155 g/mol. The van der Waals surface area contributed by atoms with Crippen molar-refractivity contribution in [2.45, 2.75) is 19.3 Å². The molecule has 0 unspecified atom stereocenters. The third-order valence-electron chi connectivity index (χ3n) is 2.01. The largest absolute Gasteiger partial charge is 0.316 e. The third-order valence-corrected chi connectivity index (χ3v) is 2.01. The maximum absolute atomic E-state index is 10.9. The molecule has 1 saturated heterocycles. The van der Waals surface area contributed by atoms with Crippen molar-refractivity contribution in [1.82, 2.24) is 5.32 Å². The monoisotopic (exact) mass is 155 g/mol. The van der Waals surface area contributed by atoms with Gasteiger partial charge < -0.3 is 5.32 Å². The standard InChI is InChI=1S/C7H13N3O/c8-10-7(11)6-3-1-2-4-9-5-6/h6,8-9H,1-5H2/t6-/m1/s1. The van der Waals surface area contributed by atoms with Crippen LogP contribution in [-0.4, -0.2) is 19.0 Å². The highest BCUT2D eigenvalue weighted by Crippen LogP contribution is 2.12. The van der Waals surface area contributed by atoms with Gasteiger partial charge in [0.2, 0.25) is 0 Å². The normalized spacial score (nSPS) is 25.6. The molecule has 1 atom stereocenters. The lowest BCUT2D eigenvalue weighted by Crippen LogP contribution is -2.25. The van der Waals surface area contributed by atoms with Crippen molar-refractivity contribution in [2.24, 2.45) is 11.0 Å². The topological polar surface area (TPSA) is 65.3 Å². The molecule has 4 heteroatoms. The number of nitrogens with one attached hydrogen (secondary N) is 2. The molecule has 62 valence electrons. The van der Waals surface area contributed by atoms with E-state index in [0.717, 1.165) is 25.8 Å². The second-order valence-electron chi connectivity index (χ2n) is 2.85. The molecule has 1 heterocycles. The molecule has 0 spiro atoms. The van der Waals surface area contributed by atoms with Gasteiger partial charge in [0.25, 0.3) is 5.91 Å². The molecule has 4 nitrogen and oxygen atoms in total. The first-order valence-electron chi connectivity index (χ1n) is 3.96. The summed E-state index contributed by atoms with van der Waals surface area (Å²) in [5.74, 6) is -0.325. The van der Waals surface area contributed by atoms with Crippen LogP contribution in [0.2, 0.25) is 0 Å². The fraction of sp³-hybridized carbons (Fsp3) is 0.857. The summed E-state index contributed by atoms with van der Waals surface area (Å²) in [6.45, 7) is 1.68. The number of rotatable bonds is 1. The molecule has 0 bridgehead atoms. The van der Waals surface area contributed by atoms with Crippen molar-refractivity contribution in [3.8, 4) is 0 Å². The van der Waals surface area contributed by atoms with Crippen LogP contribution in [0, 0.1) is 11.4 Å². The Kier molecular flexibility index (Phi) is 3.16. The van der Waals surface area contributed by atoms with Gasteiger partial charge in [0.1, 0.15) is 0 Å². The molecule has 2 N–H and O–H groups in total. The zero-order valence-corrected chi connectivity index (χ0v) is 6.47. The first-order chi connectivity index (χ1) is 5.34. The van der Waals surface area contributed by atoms with Crippen molar-refractivity contribution in [1.29, 1.82) is 5.53 Å². The van der Waals surface area contributed by atoms with Crippen LogP contribution in [0.15, 0.2) is 5.11 Å². The van der Waals surface area contributed by atoms with Gasteiger partial charge in [-0.15, -0.1) is 5.11 Å². The number of amides is 1. The lowest BCUT2D eigenvalue weighted by atomic mass is 10.0. The number of nitrogens with zero attached hydrogens (tertiary/aromatic N) is 1. The smallest absolute Gasteiger partial charge is 0.268 e. The summed E-state index contributed by atoms with van der Waals surface area (Å²) in [4.78, 5) is 10.9. The van der Waals surface area contributed by atoms with Crippen LogP contribution in [0.3, 0.4) is 0 Å². The molecule has 1 rings (SSSR count). The minimum absolute atomic E-state index is 0.0463. The second-order valence-corrected chi connectivity index (χ2v) is 2.85. The minimum Gasteiger partial charge on any atom is -0.316 e. The first kappa shape index (κ1) is 8.33. The highest BCUT2D eigenvalue weighted by atomic mass is 16.1. The predicted octanol–water partition coefficient (Wildman–Crippen LogP) is 0.934. The Bertz CT molecular complexity index is 150. The Morgan fingerprint density at radius 2 is 2.36 bits per heavy atom. The Labute approximate surface area is 65.9 Å². The van der Waals surface area contributed by atoms with Crippen molar-refractivity contribution in [3.63, 3.8) is 0 Å². The van der Waals surface area contributed by atoms with Gasteiger partial charge in [-0.05, 0) is 19.4 Å². The Morgan fingerprint density at radius 3 is 3.09 bits per heavy atom. The van der Waals surface area contributed by atoms with Crippen LogP contribution < -0.4 is 5.32 Å². The lowest BCUT2D eigenvalue weighted by Gasteiger charge is -2.06. The van der Waals surface area contributed by atoms with Gasteiger partial charge in [-0.3, -0.25) is 4.79 Å². The molecule has 0 aromatic rings. The van der Waals surface area contributed by atoms with E-state index in [0.29, 0.717) is 6.54 Å². The number of hydrogen-bond donors (Lipinski definition) is 2. The van der Waals surface area contributed by atoms with Crippen LogP contribution in [0.1, 0.15) is 19.3 Å². The summed E-state index contributed by atoms with van der Waals surface area (Å²) in [5.41, 5.74) is 6.56. The van der Waals surface area contributed by atoms with E-state index in [4.69, 9.17) is 5.53 Å². The van der Waals surface area contributed by atoms with E-state index in [-0.39, 0.29) is 11.8 Å². The van der Waals surface area contributed by atoms with Crippen LogP contribution >= 0.6 is 0 Å². The number of carbonyl (C=O) groups is 1. The van der Waals surface area contributed by atoms with Gasteiger partial charge in [0.15, 0.2) is 0 Å². The maximum atomic E-state index is 10.9. The van der Waals surface area contributed by atoms with Crippen LogP contribution in [0.4, 0.5) is 0 Å². The molecule has 1 fully saturated rings. The van der Waals surface area contributed by atoms with E-state index in [1.165, 1.54) is 0 Å². The molecule has 0 aliphatic carbocycles. The summed E-state index contributed by atoms with van der Waals surface area (Å²) >= 11 is 0. The molecule has 0 saturated carbocycles. The highest BCUT2D eigenvalue weighted by Gasteiger charge is 2.18. The predicted molar refractivity (Wildman–Crippen MR) is 40.4 cm³/mol. The van der Waals surface area contributed by atoms with Crippen molar-refractivity contribution in [3.05, 3.63) is 0 Å². The third kappa shape index (κ3) is 2.38. The van der Waals surface area contributed by atoms with Gasteiger partial charge in [0, 0.05) is 6.54 Å². The molecule has 1 aliphatic heterocycles. The Hall–Kier alpha value is -0.770. The zero-order chi connectivity index (χ0) is 8.10. The molecule has 0 aromatic heterocycles. The summed E-state index contributed by atoms with van der Waals surface area (Å²) in [7, 11) is 0. The SMILES string of the molecule is N=NC(=O)[C@@H]1CCCCNC1. The van der Waals surface area contributed by atoms with Gasteiger partial charge in [-0.1, -0.05) is 6.42 Å². The molecular weight excluding hydrogens is 142 g/mol. The van der Waals surface area contributed by atoms with E-state index >= 15 is 0 Å². The van der Waals surface area contributed by atoms with E-state index < -0.39 is 0 Å². The molecular formula is C7H13N3O. The summed E-state index contributed by atoms with van der Waals surface area (Å²) in [6.07, 6.45) is 3.08. The van der Waals surface area contributed by atoms with Crippen molar-refractivity contribution >= 4 is 5.91 Å². The molecule has 0 radical (unpaired) electrons. The molecule has 11 heavy (non-hydrogen) atoms. The Morgan fingerprint density at radius 1 is 1.55 bits per heavy atom. The molecule has 0 aromatic carbocycles. The molecule has 1 aliphatic rings. The van der Waals surface area contributed by atoms with E-state index in [1.807, 2.05) is 0 Å². The first-order valence-corrected chi connectivity index (χ1v) is 3.96. The fourth-order valence-electron chi connectivity index (χ4n) is 1.32. The Balaban J connectivity index is 2.42. The lowest BCUT2D eigenvalue weighted by molar-refractivity contribution is -0.122. The quantitative estimate of drug-likeness (QED) is 0.553. The van der Waals surface area contributed by atoms with Crippen molar-refractivity contribution < 1.29 is 4.79 Å². The number of carbonyl (C=O) groups excluding carboxylic acids is 1. The zero-order valence-electron chi connectivity index (χ0n) is 6.47. The summed E-state index contributed by atoms with van der Waals surface area (Å²) < 4.78 is 0.